The third-order valence-electron chi connectivity index (χ3n) is 4.42. The van der Waals surface area contributed by atoms with Gasteiger partial charge in [-0.15, -0.1) is 0 Å². The maximum absolute atomic E-state index is 11.9. The van der Waals surface area contributed by atoms with Crippen LogP contribution in [0.2, 0.25) is 0 Å². The molecule has 2 rings (SSSR count). The van der Waals surface area contributed by atoms with Crippen LogP contribution >= 0.6 is 0 Å². The number of unbranched alkanes of at least 4 members (excludes halogenated alkanes) is 1. The van der Waals surface area contributed by atoms with E-state index in [1.807, 2.05) is 24.3 Å². The van der Waals surface area contributed by atoms with Crippen molar-refractivity contribution in [1.29, 1.82) is 0 Å². The third kappa shape index (κ3) is 8.36. The smallest absolute Gasteiger partial charge is 0.411 e. The Kier molecular flexibility index (Phi) is 9.37. The maximum Gasteiger partial charge on any atom is 0.411 e. The van der Waals surface area contributed by atoms with Crippen molar-refractivity contribution in [3.8, 4) is 0 Å². The van der Waals surface area contributed by atoms with Gasteiger partial charge >= 0.3 is 6.09 Å². The van der Waals surface area contributed by atoms with Crippen molar-refractivity contribution in [1.82, 2.24) is 4.90 Å². The van der Waals surface area contributed by atoms with Crippen LogP contribution in [0.15, 0.2) is 24.3 Å². The molecule has 5 nitrogen and oxygen atoms in total. The molecule has 0 aliphatic carbocycles. The van der Waals surface area contributed by atoms with Crippen LogP contribution in [0, 0.1) is 0 Å². The standard InChI is InChI=1S/C20H32N2O3/c1-2-3-14-24-17-18-9-8-10-19(16-18)21-20(23)25-15-13-22-11-6-4-5-7-12-22/h8-10,16H,2-7,11-15,17H2,1H3,(H,21,23). The lowest BCUT2D eigenvalue weighted by atomic mass is 10.2. The maximum atomic E-state index is 11.9. The van der Waals surface area contributed by atoms with Crippen LogP contribution in [0.4, 0.5) is 10.5 Å². The molecular weight excluding hydrogens is 316 g/mol. The Hall–Kier alpha value is -1.59. The fraction of sp³-hybridized carbons (Fsp3) is 0.650. The number of carbonyl (C=O) groups excluding carboxylic acids is 1. The minimum atomic E-state index is -0.390. The van der Waals surface area contributed by atoms with E-state index < -0.39 is 0 Å². The summed E-state index contributed by atoms with van der Waals surface area (Å²) in [7, 11) is 0. The highest BCUT2D eigenvalue weighted by Crippen LogP contribution is 2.13. The van der Waals surface area contributed by atoms with Crippen molar-refractivity contribution in [2.24, 2.45) is 0 Å². The summed E-state index contributed by atoms with van der Waals surface area (Å²) in [5, 5.41) is 2.80. The second-order valence-corrected chi connectivity index (χ2v) is 6.62. The van der Waals surface area contributed by atoms with Crippen LogP contribution in [-0.2, 0) is 16.1 Å². The molecule has 0 bridgehead atoms. The van der Waals surface area contributed by atoms with Crippen molar-refractivity contribution in [3.05, 3.63) is 29.8 Å². The molecule has 1 amide bonds. The molecule has 1 aliphatic rings. The molecule has 5 heteroatoms. The highest BCUT2D eigenvalue weighted by Gasteiger charge is 2.10. The predicted octanol–water partition coefficient (Wildman–Crippen LogP) is 4.43. The first-order chi connectivity index (χ1) is 12.3. The number of anilines is 1. The average Bonchev–Trinajstić information content (AvgIpc) is 2.88. The van der Waals surface area contributed by atoms with Gasteiger partial charge in [-0.1, -0.05) is 38.3 Å². The second kappa shape index (κ2) is 11.9. The Bertz CT molecular complexity index is 499. The lowest BCUT2D eigenvalue weighted by Gasteiger charge is -2.19. The first-order valence-electron chi connectivity index (χ1n) is 9.60. The number of nitrogens with zero attached hydrogens (tertiary/aromatic N) is 1. The van der Waals surface area contributed by atoms with Crippen LogP contribution in [0.1, 0.15) is 51.0 Å². The molecule has 1 aromatic rings. The van der Waals surface area contributed by atoms with Gasteiger partial charge in [0.25, 0.3) is 0 Å². The van der Waals surface area contributed by atoms with Crippen LogP contribution in [-0.4, -0.2) is 43.8 Å². The summed E-state index contributed by atoms with van der Waals surface area (Å²) in [6, 6.07) is 7.72. The van der Waals surface area contributed by atoms with Crippen molar-refractivity contribution < 1.29 is 14.3 Å². The predicted molar refractivity (Wildman–Crippen MR) is 101 cm³/mol. The van der Waals surface area contributed by atoms with Gasteiger partial charge in [0.2, 0.25) is 0 Å². The van der Waals surface area contributed by atoms with E-state index in [2.05, 4.69) is 17.1 Å². The molecule has 0 radical (unpaired) electrons. The zero-order valence-corrected chi connectivity index (χ0v) is 15.5. The zero-order valence-electron chi connectivity index (χ0n) is 15.5. The van der Waals surface area contributed by atoms with Crippen molar-refractivity contribution in [2.45, 2.75) is 52.1 Å². The van der Waals surface area contributed by atoms with Gasteiger partial charge < -0.3 is 9.47 Å². The van der Waals surface area contributed by atoms with E-state index >= 15 is 0 Å². The van der Waals surface area contributed by atoms with Gasteiger partial charge in [-0.3, -0.25) is 10.2 Å². The highest BCUT2D eigenvalue weighted by molar-refractivity contribution is 5.84. The fourth-order valence-corrected chi connectivity index (χ4v) is 2.96. The van der Waals surface area contributed by atoms with Crippen molar-refractivity contribution >= 4 is 11.8 Å². The first-order valence-corrected chi connectivity index (χ1v) is 9.60. The van der Waals surface area contributed by atoms with E-state index in [1.54, 1.807) is 0 Å². The molecule has 1 fully saturated rings. The molecule has 1 N–H and O–H groups in total. The third-order valence-corrected chi connectivity index (χ3v) is 4.42. The lowest BCUT2D eigenvalue weighted by molar-refractivity contribution is 0.118. The Morgan fingerprint density at radius 3 is 2.72 bits per heavy atom. The number of benzene rings is 1. The van der Waals surface area contributed by atoms with Gasteiger partial charge in [-0.2, -0.15) is 0 Å². The summed E-state index contributed by atoms with van der Waals surface area (Å²) in [6.45, 7) is 6.97. The Balaban J connectivity index is 1.67. The summed E-state index contributed by atoms with van der Waals surface area (Å²) < 4.78 is 10.9. The lowest BCUT2D eigenvalue weighted by Crippen LogP contribution is -2.30. The van der Waals surface area contributed by atoms with E-state index in [-0.39, 0.29) is 6.09 Å². The molecule has 0 unspecified atom stereocenters. The van der Waals surface area contributed by atoms with Crippen LogP contribution < -0.4 is 5.32 Å². The summed E-state index contributed by atoms with van der Waals surface area (Å²) >= 11 is 0. The van der Waals surface area contributed by atoms with Crippen LogP contribution in [0.3, 0.4) is 0 Å². The number of rotatable bonds is 9. The highest BCUT2D eigenvalue weighted by atomic mass is 16.5. The summed E-state index contributed by atoms with van der Waals surface area (Å²) in [5.74, 6) is 0. The monoisotopic (exact) mass is 348 g/mol. The Labute approximate surface area is 151 Å². The number of likely N-dealkylation sites (tertiary alicyclic amines) is 1. The molecule has 1 aliphatic heterocycles. The molecule has 140 valence electrons. The van der Waals surface area contributed by atoms with E-state index in [0.717, 1.165) is 50.3 Å². The normalized spacial score (nSPS) is 15.6. The van der Waals surface area contributed by atoms with E-state index in [1.165, 1.54) is 25.7 Å². The topological polar surface area (TPSA) is 50.8 Å². The van der Waals surface area contributed by atoms with Gasteiger partial charge in [0, 0.05) is 18.8 Å². The first kappa shape index (κ1) is 19.7. The number of amides is 1. The zero-order chi connectivity index (χ0) is 17.7. The number of hydrogen-bond donors (Lipinski definition) is 1. The van der Waals surface area contributed by atoms with Gasteiger partial charge in [0.1, 0.15) is 6.61 Å². The van der Waals surface area contributed by atoms with E-state index in [4.69, 9.17) is 9.47 Å². The summed E-state index contributed by atoms with van der Waals surface area (Å²) in [4.78, 5) is 14.3. The number of nitrogens with one attached hydrogen (secondary N) is 1. The largest absolute Gasteiger partial charge is 0.448 e. The van der Waals surface area contributed by atoms with Gasteiger partial charge in [0.05, 0.1) is 6.61 Å². The van der Waals surface area contributed by atoms with Gasteiger partial charge in [-0.05, 0) is 50.0 Å². The van der Waals surface area contributed by atoms with Crippen molar-refractivity contribution in [2.75, 3.05) is 38.2 Å². The van der Waals surface area contributed by atoms with Crippen molar-refractivity contribution in [3.63, 3.8) is 0 Å². The Morgan fingerprint density at radius 2 is 1.96 bits per heavy atom. The minimum Gasteiger partial charge on any atom is -0.448 e. The van der Waals surface area contributed by atoms with Crippen LogP contribution in [0.5, 0.6) is 0 Å². The van der Waals surface area contributed by atoms with E-state index in [9.17, 15) is 4.79 Å². The molecule has 0 saturated carbocycles. The minimum absolute atomic E-state index is 0.390. The second-order valence-electron chi connectivity index (χ2n) is 6.62. The summed E-state index contributed by atoms with van der Waals surface area (Å²) in [6.07, 6.45) is 6.94. The fourth-order valence-electron chi connectivity index (χ4n) is 2.96. The quantitative estimate of drug-likeness (QED) is 0.671. The molecule has 0 aromatic heterocycles. The van der Waals surface area contributed by atoms with Crippen LogP contribution in [0.25, 0.3) is 0 Å². The average molecular weight is 348 g/mol. The molecule has 25 heavy (non-hydrogen) atoms. The molecule has 0 atom stereocenters. The molecule has 1 saturated heterocycles. The van der Waals surface area contributed by atoms with Gasteiger partial charge in [-0.25, -0.2) is 4.79 Å². The summed E-state index contributed by atoms with van der Waals surface area (Å²) in [5.41, 5.74) is 1.80. The van der Waals surface area contributed by atoms with E-state index in [0.29, 0.717) is 13.2 Å². The molecule has 1 heterocycles. The van der Waals surface area contributed by atoms with Gasteiger partial charge in [0.15, 0.2) is 0 Å². The molecular formula is C20H32N2O3. The number of carbonyl (C=O) groups is 1. The SMILES string of the molecule is CCCCOCc1cccc(NC(=O)OCCN2CCCCCC2)c1. The Morgan fingerprint density at radius 1 is 1.16 bits per heavy atom. The number of hydrogen-bond acceptors (Lipinski definition) is 4. The molecule has 1 aromatic carbocycles. The molecule has 0 spiro atoms. The number of ether oxygens (including phenoxy) is 2.